The van der Waals surface area contributed by atoms with Crippen molar-refractivity contribution in [2.24, 2.45) is 4.99 Å². The Balaban J connectivity index is 0.00000420. The second kappa shape index (κ2) is 12.0. The number of rotatable bonds is 7. The van der Waals surface area contributed by atoms with Crippen molar-refractivity contribution in [1.82, 2.24) is 20.5 Å². The fourth-order valence-electron chi connectivity index (χ4n) is 2.89. The third-order valence-corrected chi connectivity index (χ3v) is 4.45. The monoisotopic (exact) mass is 528 g/mol. The van der Waals surface area contributed by atoms with Gasteiger partial charge in [0.2, 0.25) is 5.91 Å². The summed E-state index contributed by atoms with van der Waals surface area (Å²) in [5.41, 5.74) is -0.763. The van der Waals surface area contributed by atoms with Gasteiger partial charge in [-0.25, -0.2) is 4.98 Å². The van der Waals surface area contributed by atoms with Crippen LogP contribution in [0.25, 0.3) is 0 Å². The van der Waals surface area contributed by atoms with Crippen LogP contribution < -0.4 is 16.0 Å². The summed E-state index contributed by atoms with van der Waals surface area (Å²) in [6.45, 7) is 4.49. The van der Waals surface area contributed by atoms with E-state index >= 15 is 0 Å². The van der Waals surface area contributed by atoms with Gasteiger partial charge in [0.15, 0.2) is 5.96 Å². The molecule has 0 radical (unpaired) electrons. The number of halogens is 4. The van der Waals surface area contributed by atoms with Crippen molar-refractivity contribution < 1.29 is 18.0 Å². The summed E-state index contributed by atoms with van der Waals surface area (Å²) in [5, 5.41) is 9.50. The first-order valence-corrected chi connectivity index (χ1v) is 9.35. The van der Waals surface area contributed by atoms with Gasteiger partial charge in [0.25, 0.3) is 0 Å². The highest BCUT2D eigenvalue weighted by Gasteiger charge is 2.30. The number of aliphatic imine (C=N–C) groups is 1. The minimum Gasteiger partial charge on any atom is -0.370 e. The number of hydrogen-bond acceptors (Lipinski definition) is 4. The molecule has 1 aromatic rings. The lowest BCUT2D eigenvalue weighted by Gasteiger charge is -2.18. The average molecular weight is 528 g/mol. The molecule has 7 nitrogen and oxygen atoms in total. The smallest absolute Gasteiger partial charge is 0.370 e. The molecule has 1 aliphatic rings. The van der Waals surface area contributed by atoms with E-state index in [0.29, 0.717) is 37.8 Å². The lowest BCUT2D eigenvalue weighted by molar-refractivity contribution is -0.137. The number of carbonyl (C=O) groups excluding carboxylic acids is 1. The van der Waals surface area contributed by atoms with Crippen LogP contribution in [0.5, 0.6) is 0 Å². The Bertz CT molecular complexity index is 669. The van der Waals surface area contributed by atoms with Crippen molar-refractivity contribution in [1.29, 1.82) is 0 Å². The van der Waals surface area contributed by atoms with Gasteiger partial charge in [-0.2, -0.15) is 13.2 Å². The van der Waals surface area contributed by atoms with Gasteiger partial charge in [-0.05, 0) is 25.0 Å². The van der Waals surface area contributed by atoms with Crippen LogP contribution in [0.1, 0.15) is 31.7 Å². The normalized spacial score (nSPS) is 16.9. The SMILES string of the molecule is CCC(=O)N1CCC(NC(=NC)NCCCNc2ccc(C(F)(F)F)cn2)C1.I. The summed E-state index contributed by atoms with van der Waals surface area (Å²) in [6, 6.07) is 2.50. The van der Waals surface area contributed by atoms with Crippen LogP contribution in [-0.2, 0) is 11.0 Å². The Hall–Kier alpha value is -1.79. The van der Waals surface area contributed by atoms with E-state index in [9.17, 15) is 18.0 Å². The van der Waals surface area contributed by atoms with Gasteiger partial charge in [0.1, 0.15) is 5.82 Å². The van der Waals surface area contributed by atoms with E-state index in [2.05, 4.69) is 25.9 Å². The maximum atomic E-state index is 12.5. The standard InChI is InChI=1S/C18H27F3N6O.HI/c1-3-16(28)27-10-7-14(12-27)26-17(22-2)24-9-4-8-23-15-6-5-13(11-25-15)18(19,20)21;/h5-6,11,14H,3-4,7-10,12H2,1-2H3,(H,23,25)(H2,22,24,26);1H. The van der Waals surface area contributed by atoms with E-state index in [-0.39, 0.29) is 35.9 Å². The fourth-order valence-corrected chi connectivity index (χ4v) is 2.89. The lowest BCUT2D eigenvalue weighted by Crippen LogP contribution is -2.45. The van der Waals surface area contributed by atoms with E-state index < -0.39 is 11.7 Å². The predicted octanol–water partition coefficient (Wildman–Crippen LogP) is 2.70. The molecule has 1 unspecified atom stereocenters. The molecule has 164 valence electrons. The molecule has 1 saturated heterocycles. The fraction of sp³-hybridized carbons (Fsp3) is 0.611. The third-order valence-electron chi connectivity index (χ3n) is 4.45. The Morgan fingerprint density at radius 3 is 2.69 bits per heavy atom. The van der Waals surface area contributed by atoms with Gasteiger partial charge in [0, 0.05) is 51.9 Å². The first-order valence-electron chi connectivity index (χ1n) is 9.35. The van der Waals surface area contributed by atoms with E-state index in [1.165, 1.54) is 6.07 Å². The van der Waals surface area contributed by atoms with Crippen LogP contribution in [0.3, 0.4) is 0 Å². The summed E-state index contributed by atoms with van der Waals surface area (Å²) >= 11 is 0. The Kier molecular flexibility index (Phi) is 10.5. The zero-order valence-electron chi connectivity index (χ0n) is 16.6. The topological polar surface area (TPSA) is 81.7 Å². The maximum absolute atomic E-state index is 12.5. The number of hydrogen-bond donors (Lipinski definition) is 3. The van der Waals surface area contributed by atoms with Crippen molar-refractivity contribution in [3.63, 3.8) is 0 Å². The molecule has 1 fully saturated rings. The molecule has 0 saturated carbocycles. The van der Waals surface area contributed by atoms with Crippen LogP contribution in [0, 0.1) is 0 Å². The molecular formula is C18H28F3IN6O. The number of likely N-dealkylation sites (tertiary alicyclic amines) is 1. The third kappa shape index (κ3) is 8.23. The molecule has 11 heteroatoms. The molecule has 2 rings (SSSR count). The highest BCUT2D eigenvalue weighted by molar-refractivity contribution is 14.0. The van der Waals surface area contributed by atoms with Crippen LogP contribution in [0.4, 0.5) is 19.0 Å². The largest absolute Gasteiger partial charge is 0.417 e. The molecule has 0 aromatic carbocycles. The molecule has 1 aromatic heterocycles. The summed E-state index contributed by atoms with van der Waals surface area (Å²) in [7, 11) is 1.68. The van der Waals surface area contributed by atoms with Crippen LogP contribution >= 0.6 is 24.0 Å². The molecular weight excluding hydrogens is 500 g/mol. The molecule has 1 atom stereocenters. The highest BCUT2D eigenvalue weighted by Crippen LogP contribution is 2.28. The summed E-state index contributed by atoms with van der Waals surface area (Å²) < 4.78 is 37.5. The van der Waals surface area contributed by atoms with E-state index in [1.54, 1.807) is 7.05 Å². The number of nitrogens with one attached hydrogen (secondary N) is 3. The van der Waals surface area contributed by atoms with Crippen molar-refractivity contribution in [3.05, 3.63) is 23.9 Å². The number of pyridine rings is 1. The van der Waals surface area contributed by atoms with Gasteiger partial charge < -0.3 is 20.9 Å². The molecule has 3 N–H and O–H groups in total. The second-order valence-corrected chi connectivity index (χ2v) is 6.53. The highest BCUT2D eigenvalue weighted by atomic mass is 127. The molecule has 1 amide bonds. The average Bonchev–Trinajstić information content (AvgIpc) is 3.14. The number of nitrogens with zero attached hydrogens (tertiary/aromatic N) is 3. The van der Waals surface area contributed by atoms with E-state index in [4.69, 9.17) is 0 Å². The molecule has 29 heavy (non-hydrogen) atoms. The number of amides is 1. The molecule has 0 aliphatic carbocycles. The van der Waals surface area contributed by atoms with Crippen LogP contribution in [0.2, 0.25) is 0 Å². The van der Waals surface area contributed by atoms with Crippen molar-refractivity contribution in [2.75, 3.05) is 38.5 Å². The molecule has 0 spiro atoms. The molecule has 0 bridgehead atoms. The van der Waals surface area contributed by atoms with E-state index in [1.807, 2.05) is 11.8 Å². The zero-order valence-corrected chi connectivity index (χ0v) is 18.9. The number of alkyl halides is 3. The molecule has 1 aliphatic heterocycles. The maximum Gasteiger partial charge on any atom is 0.417 e. The predicted molar refractivity (Wildman–Crippen MR) is 118 cm³/mol. The van der Waals surface area contributed by atoms with Gasteiger partial charge in [-0.1, -0.05) is 6.92 Å². The van der Waals surface area contributed by atoms with Crippen LogP contribution in [0.15, 0.2) is 23.3 Å². The van der Waals surface area contributed by atoms with Crippen LogP contribution in [-0.4, -0.2) is 61.0 Å². The Morgan fingerprint density at radius 2 is 2.10 bits per heavy atom. The van der Waals surface area contributed by atoms with Gasteiger partial charge in [0.05, 0.1) is 5.56 Å². The lowest BCUT2D eigenvalue weighted by atomic mass is 10.3. The van der Waals surface area contributed by atoms with Crippen molar-refractivity contribution in [2.45, 2.75) is 38.4 Å². The van der Waals surface area contributed by atoms with Gasteiger partial charge >= 0.3 is 6.18 Å². The second-order valence-electron chi connectivity index (χ2n) is 6.53. The van der Waals surface area contributed by atoms with Crippen molar-refractivity contribution in [3.8, 4) is 0 Å². The quantitative estimate of drug-likeness (QED) is 0.220. The minimum atomic E-state index is -4.38. The summed E-state index contributed by atoms with van der Waals surface area (Å²) in [5.74, 6) is 1.24. The van der Waals surface area contributed by atoms with Gasteiger partial charge in [-0.3, -0.25) is 9.79 Å². The first-order chi connectivity index (χ1) is 13.3. The van der Waals surface area contributed by atoms with Gasteiger partial charge in [-0.15, -0.1) is 24.0 Å². The van der Waals surface area contributed by atoms with E-state index in [0.717, 1.165) is 31.6 Å². The Labute approximate surface area is 185 Å². The molecule has 2 heterocycles. The Morgan fingerprint density at radius 1 is 1.34 bits per heavy atom. The zero-order chi connectivity index (χ0) is 20.6. The summed E-state index contributed by atoms with van der Waals surface area (Å²) in [4.78, 5) is 21.5. The number of aromatic nitrogens is 1. The summed E-state index contributed by atoms with van der Waals surface area (Å²) in [6.07, 6.45) is -1.43. The number of guanidine groups is 1. The number of carbonyl (C=O) groups is 1. The first kappa shape index (κ1) is 25.2. The number of anilines is 1. The minimum absolute atomic E-state index is 0. The van der Waals surface area contributed by atoms with Crippen molar-refractivity contribution >= 4 is 41.7 Å².